The molecule has 140 valence electrons. The van der Waals surface area contributed by atoms with E-state index in [0.717, 1.165) is 55.7 Å². The summed E-state index contributed by atoms with van der Waals surface area (Å²) in [7, 11) is 0. The Balaban J connectivity index is 1.54. The van der Waals surface area contributed by atoms with E-state index in [1.165, 1.54) is 10.6 Å². The van der Waals surface area contributed by atoms with Crippen molar-refractivity contribution in [1.82, 2.24) is 15.6 Å². The second-order valence-corrected chi connectivity index (χ2v) is 7.95. The third-order valence-corrected chi connectivity index (χ3v) is 5.74. The summed E-state index contributed by atoms with van der Waals surface area (Å²) in [5.41, 5.74) is 2.45. The topological polar surface area (TPSA) is 52.6 Å². The lowest BCUT2D eigenvalue weighted by Crippen LogP contribution is -2.44. The lowest BCUT2D eigenvalue weighted by Gasteiger charge is -2.20. The smallest absolute Gasteiger partial charge is 0.191 e. The van der Waals surface area contributed by atoms with E-state index in [0.29, 0.717) is 6.04 Å². The molecule has 5 nitrogen and oxygen atoms in total. The third-order valence-electron chi connectivity index (χ3n) is 4.60. The number of guanidine groups is 1. The molecule has 0 bridgehead atoms. The maximum absolute atomic E-state index is 4.78. The molecule has 1 aromatic heterocycles. The molecule has 0 spiro atoms. The minimum absolute atomic E-state index is 0.431. The first-order chi connectivity index (χ1) is 12.7. The van der Waals surface area contributed by atoms with Gasteiger partial charge in [0.2, 0.25) is 0 Å². The van der Waals surface area contributed by atoms with E-state index in [4.69, 9.17) is 4.99 Å². The first kappa shape index (κ1) is 18.7. The van der Waals surface area contributed by atoms with Gasteiger partial charge in [0.15, 0.2) is 5.96 Å². The second kappa shape index (κ2) is 9.03. The van der Waals surface area contributed by atoms with Crippen molar-refractivity contribution in [3.63, 3.8) is 0 Å². The molecule has 1 atom stereocenters. The predicted octanol–water partition coefficient (Wildman–Crippen LogP) is 3.14. The van der Waals surface area contributed by atoms with E-state index in [1.54, 1.807) is 11.3 Å². The van der Waals surface area contributed by atoms with Gasteiger partial charge < -0.3 is 15.5 Å². The molecule has 2 aromatic rings. The van der Waals surface area contributed by atoms with Crippen molar-refractivity contribution in [3.05, 3.63) is 45.9 Å². The summed E-state index contributed by atoms with van der Waals surface area (Å²) < 4.78 is 0. The summed E-state index contributed by atoms with van der Waals surface area (Å²) in [4.78, 5) is 13.1. The highest BCUT2D eigenvalue weighted by Gasteiger charge is 2.23. The summed E-state index contributed by atoms with van der Waals surface area (Å²) in [5.74, 6) is 0.923. The van der Waals surface area contributed by atoms with E-state index < -0.39 is 0 Å². The Morgan fingerprint density at radius 3 is 2.81 bits per heavy atom. The minimum Gasteiger partial charge on any atom is -0.369 e. The normalized spacial score (nSPS) is 17.6. The quantitative estimate of drug-likeness (QED) is 0.605. The van der Waals surface area contributed by atoms with Crippen molar-refractivity contribution in [3.8, 4) is 0 Å². The fourth-order valence-electron chi connectivity index (χ4n) is 3.34. The van der Waals surface area contributed by atoms with E-state index in [2.05, 4.69) is 71.6 Å². The fourth-order valence-corrected chi connectivity index (χ4v) is 4.27. The molecule has 1 saturated heterocycles. The third kappa shape index (κ3) is 4.97. The van der Waals surface area contributed by atoms with Gasteiger partial charge in [0.25, 0.3) is 0 Å². The van der Waals surface area contributed by atoms with Gasteiger partial charge in [0.05, 0.1) is 10.7 Å². The maximum Gasteiger partial charge on any atom is 0.191 e. The Kier molecular flexibility index (Phi) is 6.50. The maximum atomic E-state index is 4.78. The Labute approximate surface area is 160 Å². The van der Waals surface area contributed by atoms with E-state index >= 15 is 0 Å². The van der Waals surface area contributed by atoms with Crippen LogP contribution >= 0.6 is 11.3 Å². The molecule has 0 radical (unpaired) electrons. The Morgan fingerprint density at radius 1 is 1.31 bits per heavy atom. The van der Waals surface area contributed by atoms with Crippen LogP contribution in [0.1, 0.15) is 28.9 Å². The molecule has 0 aliphatic carbocycles. The van der Waals surface area contributed by atoms with Crippen LogP contribution in [-0.2, 0) is 6.42 Å². The number of hydrogen-bond donors (Lipinski definition) is 2. The molecule has 2 heterocycles. The molecule has 26 heavy (non-hydrogen) atoms. The number of nitrogens with zero attached hydrogens (tertiary/aromatic N) is 3. The number of benzene rings is 1. The molecule has 1 unspecified atom stereocenters. The summed E-state index contributed by atoms with van der Waals surface area (Å²) >= 11 is 1.78. The first-order valence-corrected chi connectivity index (χ1v) is 10.2. The predicted molar refractivity (Wildman–Crippen MR) is 111 cm³/mol. The molecule has 2 N–H and O–H groups in total. The van der Waals surface area contributed by atoms with Gasteiger partial charge in [-0.1, -0.05) is 18.2 Å². The molecular formula is C20H29N5S. The van der Waals surface area contributed by atoms with Gasteiger partial charge in [0, 0.05) is 49.2 Å². The van der Waals surface area contributed by atoms with Gasteiger partial charge in [-0.05, 0) is 39.3 Å². The minimum atomic E-state index is 0.431. The van der Waals surface area contributed by atoms with Crippen molar-refractivity contribution in [2.45, 2.75) is 39.7 Å². The molecule has 6 heteroatoms. The van der Waals surface area contributed by atoms with Gasteiger partial charge in [-0.25, -0.2) is 4.98 Å². The summed E-state index contributed by atoms with van der Waals surface area (Å²) in [5, 5.41) is 8.12. The fraction of sp³-hybridized carbons (Fsp3) is 0.500. The van der Waals surface area contributed by atoms with Crippen molar-refractivity contribution < 1.29 is 0 Å². The molecular weight excluding hydrogens is 342 g/mol. The van der Waals surface area contributed by atoms with E-state index in [1.807, 2.05) is 0 Å². The zero-order valence-corrected chi connectivity index (χ0v) is 16.8. The van der Waals surface area contributed by atoms with Crippen molar-refractivity contribution in [2.75, 3.05) is 31.1 Å². The monoisotopic (exact) mass is 371 g/mol. The van der Waals surface area contributed by atoms with E-state index in [-0.39, 0.29) is 0 Å². The largest absolute Gasteiger partial charge is 0.369 e. The van der Waals surface area contributed by atoms with Gasteiger partial charge in [-0.3, -0.25) is 4.99 Å². The van der Waals surface area contributed by atoms with Crippen LogP contribution in [0, 0.1) is 13.8 Å². The molecule has 1 aromatic carbocycles. The molecule has 0 saturated carbocycles. The molecule has 0 amide bonds. The summed E-state index contributed by atoms with van der Waals surface area (Å²) in [6.45, 7) is 10.0. The van der Waals surface area contributed by atoms with Gasteiger partial charge in [-0.2, -0.15) is 0 Å². The van der Waals surface area contributed by atoms with Crippen LogP contribution in [0.4, 0.5) is 5.69 Å². The number of thiazole rings is 1. The number of aliphatic imine (C=N–C) groups is 1. The number of anilines is 1. The highest BCUT2D eigenvalue weighted by molar-refractivity contribution is 7.11. The first-order valence-electron chi connectivity index (χ1n) is 9.43. The summed E-state index contributed by atoms with van der Waals surface area (Å²) in [6, 6.07) is 11.1. The molecule has 1 aliphatic heterocycles. The van der Waals surface area contributed by atoms with Crippen molar-refractivity contribution in [1.29, 1.82) is 0 Å². The van der Waals surface area contributed by atoms with Crippen LogP contribution in [0.25, 0.3) is 0 Å². The van der Waals surface area contributed by atoms with Gasteiger partial charge in [0.1, 0.15) is 0 Å². The van der Waals surface area contributed by atoms with Crippen molar-refractivity contribution in [2.24, 2.45) is 4.99 Å². The van der Waals surface area contributed by atoms with Crippen LogP contribution in [0.3, 0.4) is 0 Å². The second-order valence-electron chi connectivity index (χ2n) is 6.66. The van der Waals surface area contributed by atoms with Crippen LogP contribution in [0.15, 0.2) is 35.3 Å². The van der Waals surface area contributed by atoms with Crippen LogP contribution in [0.2, 0.25) is 0 Å². The van der Waals surface area contributed by atoms with Crippen LogP contribution in [-0.4, -0.2) is 43.2 Å². The average Bonchev–Trinajstić information content (AvgIpc) is 3.22. The van der Waals surface area contributed by atoms with Crippen molar-refractivity contribution >= 4 is 23.0 Å². The number of aromatic nitrogens is 1. The molecule has 3 rings (SSSR count). The highest BCUT2D eigenvalue weighted by atomic mass is 32.1. The molecule has 1 fully saturated rings. The summed E-state index contributed by atoms with van der Waals surface area (Å²) in [6.07, 6.45) is 2.08. The number of para-hydroxylation sites is 1. The van der Waals surface area contributed by atoms with E-state index in [9.17, 15) is 0 Å². The number of nitrogens with one attached hydrogen (secondary N) is 2. The number of rotatable bonds is 6. The Hall–Kier alpha value is -2.08. The Bertz CT molecular complexity index is 725. The number of aryl methyl sites for hydroxylation is 2. The zero-order chi connectivity index (χ0) is 18.4. The zero-order valence-electron chi connectivity index (χ0n) is 16.0. The number of hydrogen-bond acceptors (Lipinski definition) is 4. The highest BCUT2D eigenvalue weighted by Crippen LogP contribution is 2.20. The average molecular weight is 372 g/mol. The van der Waals surface area contributed by atoms with Gasteiger partial charge >= 0.3 is 0 Å². The lowest BCUT2D eigenvalue weighted by atomic mass is 10.2. The lowest BCUT2D eigenvalue weighted by molar-refractivity contribution is 0.649. The standard InChI is InChI=1S/C20H29N5S/c1-4-21-20(22-12-10-19-15(2)23-16(3)26-19)24-17-11-13-25(14-17)18-8-6-5-7-9-18/h5-9,17H,4,10-14H2,1-3H3,(H2,21,22,24). The molecule has 1 aliphatic rings. The van der Waals surface area contributed by atoms with Gasteiger partial charge in [-0.15, -0.1) is 11.3 Å². The SMILES string of the molecule is CCNC(=NCCc1sc(C)nc1C)NC1CCN(c2ccccc2)C1. The van der Waals surface area contributed by atoms with Crippen LogP contribution in [0.5, 0.6) is 0 Å². The van der Waals surface area contributed by atoms with Crippen LogP contribution < -0.4 is 15.5 Å². The Morgan fingerprint density at radius 2 is 2.12 bits per heavy atom.